The molecule has 0 unspecified atom stereocenters. The van der Waals surface area contributed by atoms with Gasteiger partial charge in [-0.05, 0) is 19.9 Å². The number of carbonyl (C=O) groups excluding carboxylic acids is 2. The summed E-state index contributed by atoms with van der Waals surface area (Å²) in [7, 11) is 0. The van der Waals surface area contributed by atoms with E-state index in [2.05, 4.69) is 10.2 Å². The molecule has 0 saturated carbocycles. The monoisotopic (exact) mass is 406 g/mol. The first-order valence-electron chi connectivity index (χ1n) is 7.22. The number of ether oxygens (including phenoxy) is 2. The smallest absolute Gasteiger partial charge is 0.433 e. The number of carbonyl (C=O) groups is 2. The maximum atomic E-state index is 12.2. The van der Waals surface area contributed by atoms with Crippen LogP contribution in [0.3, 0.4) is 0 Å². The third-order valence-electron chi connectivity index (χ3n) is 2.71. The molecule has 3 N–H and O–H groups in total. The molecule has 1 amide bonds. The van der Waals surface area contributed by atoms with Gasteiger partial charge in [0, 0.05) is 6.07 Å². The summed E-state index contributed by atoms with van der Waals surface area (Å²) in [6.07, 6.45) is -0.159. The lowest BCUT2D eigenvalue weighted by atomic mass is 10.2. The van der Waals surface area contributed by atoms with Gasteiger partial charge in [-0.2, -0.15) is 5.01 Å². The van der Waals surface area contributed by atoms with Crippen LogP contribution in [0.5, 0.6) is 0 Å². The van der Waals surface area contributed by atoms with Crippen molar-refractivity contribution in [3.8, 4) is 0 Å². The van der Waals surface area contributed by atoms with Gasteiger partial charge in [0.1, 0.15) is 11.5 Å². The van der Waals surface area contributed by atoms with Gasteiger partial charge in [-0.3, -0.25) is 15.5 Å². The van der Waals surface area contributed by atoms with Gasteiger partial charge in [-0.1, -0.05) is 23.2 Å². The van der Waals surface area contributed by atoms with Crippen molar-refractivity contribution >= 4 is 46.6 Å². The van der Waals surface area contributed by atoms with Gasteiger partial charge >= 0.3 is 12.1 Å². The number of rotatable bonds is 7. The lowest BCUT2D eigenvalue weighted by Crippen LogP contribution is -2.45. The maximum absolute atomic E-state index is 12.2. The number of benzene rings is 1. The van der Waals surface area contributed by atoms with E-state index in [1.807, 2.05) is 0 Å². The molecule has 0 spiro atoms. The zero-order valence-electron chi connectivity index (χ0n) is 13.8. The summed E-state index contributed by atoms with van der Waals surface area (Å²) in [6.45, 7) is 3.23. The molecule has 0 aliphatic carbocycles. The number of esters is 1. The third-order valence-corrected chi connectivity index (χ3v) is 3.43. The molecule has 1 rings (SSSR count). The normalized spacial score (nSPS) is 10.8. The maximum Gasteiger partial charge on any atom is 0.433 e. The summed E-state index contributed by atoms with van der Waals surface area (Å²) < 4.78 is 9.53. The number of nitro benzene ring substituents is 1. The lowest BCUT2D eigenvalue weighted by molar-refractivity contribution is -0.384. The zero-order valence-corrected chi connectivity index (χ0v) is 15.3. The minimum absolute atomic E-state index is 0.0202. The van der Waals surface area contributed by atoms with Crippen LogP contribution in [-0.2, 0) is 14.3 Å². The van der Waals surface area contributed by atoms with Crippen LogP contribution in [0.1, 0.15) is 13.8 Å². The fourth-order valence-electron chi connectivity index (χ4n) is 1.72. The van der Waals surface area contributed by atoms with Crippen molar-refractivity contribution in [3.05, 3.63) is 44.2 Å². The average Bonchev–Trinajstić information content (AvgIpc) is 2.55. The number of nitrogens with zero attached hydrogens (tertiary/aromatic N) is 2. The van der Waals surface area contributed by atoms with Gasteiger partial charge in [-0.25, -0.2) is 9.59 Å². The molecule has 142 valence electrons. The van der Waals surface area contributed by atoms with Crippen molar-refractivity contribution in [2.24, 2.45) is 5.73 Å². The van der Waals surface area contributed by atoms with Crippen molar-refractivity contribution < 1.29 is 24.0 Å². The Morgan fingerprint density at radius 3 is 2.38 bits per heavy atom. The number of hydrogen-bond acceptors (Lipinski definition) is 8. The molecule has 0 heterocycles. The number of nitro groups is 1. The van der Waals surface area contributed by atoms with Gasteiger partial charge < -0.3 is 15.2 Å². The number of halogens is 2. The highest BCUT2D eigenvalue weighted by Gasteiger charge is 2.28. The molecular formula is C14H16Cl2N4O6. The molecule has 0 aromatic heterocycles. The van der Waals surface area contributed by atoms with E-state index in [-0.39, 0.29) is 34.8 Å². The van der Waals surface area contributed by atoms with Crippen LogP contribution >= 0.6 is 23.2 Å². The van der Waals surface area contributed by atoms with E-state index in [1.165, 1.54) is 6.92 Å². The highest BCUT2D eigenvalue weighted by molar-refractivity contribution is 6.42. The Balaban J connectivity index is 3.35. The average molecular weight is 407 g/mol. The van der Waals surface area contributed by atoms with E-state index in [4.69, 9.17) is 33.7 Å². The van der Waals surface area contributed by atoms with Crippen LogP contribution in [0, 0.1) is 10.1 Å². The Hall–Kier alpha value is -2.72. The van der Waals surface area contributed by atoms with Crippen molar-refractivity contribution in [2.75, 3.05) is 18.2 Å². The quantitative estimate of drug-likeness (QED) is 0.305. The Kier molecular flexibility index (Phi) is 7.94. The Labute approximate surface area is 158 Å². The molecule has 10 nitrogen and oxygen atoms in total. The molecule has 0 saturated heterocycles. The highest BCUT2D eigenvalue weighted by Crippen LogP contribution is 2.36. The minimum Gasteiger partial charge on any atom is -0.463 e. The minimum atomic E-state index is -1.02. The summed E-state index contributed by atoms with van der Waals surface area (Å²) in [5, 5.41) is 11.8. The number of hydrogen-bond donors (Lipinski definition) is 2. The number of hydrazine groups is 1. The SMILES string of the molecule is CCOC(=O)/C=C(\N)NN(C(=O)OCC)c1cc(Cl)c(Cl)cc1[N+](=O)[O-]. The van der Waals surface area contributed by atoms with Crippen LogP contribution in [0.2, 0.25) is 10.0 Å². The largest absolute Gasteiger partial charge is 0.463 e. The Morgan fingerprint density at radius 2 is 1.85 bits per heavy atom. The first-order chi connectivity index (χ1) is 12.2. The molecule has 0 radical (unpaired) electrons. The molecule has 0 bridgehead atoms. The molecule has 0 atom stereocenters. The molecule has 0 fully saturated rings. The van der Waals surface area contributed by atoms with Gasteiger partial charge in [0.25, 0.3) is 5.69 Å². The van der Waals surface area contributed by atoms with Gasteiger partial charge in [-0.15, -0.1) is 0 Å². The van der Waals surface area contributed by atoms with Crippen LogP contribution in [0.4, 0.5) is 16.2 Å². The first-order valence-corrected chi connectivity index (χ1v) is 7.97. The summed E-state index contributed by atoms with van der Waals surface area (Å²) >= 11 is 11.7. The second-order valence-corrected chi connectivity index (χ2v) is 5.32. The molecule has 12 heteroatoms. The molecule has 0 aliphatic rings. The Bertz CT molecular complexity index is 740. The van der Waals surface area contributed by atoms with E-state index in [0.717, 1.165) is 18.2 Å². The van der Waals surface area contributed by atoms with Gasteiger partial charge in [0.05, 0.1) is 34.3 Å². The molecule has 0 aliphatic heterocycles. The predicted molar refractivity (Wildman–Crippen MR) is 94.7 cm³/mol. The van der Waals surface area contributed by atoms with E-state index in [0.29, 0.717) is 5.01 Å². The predicted octanol–water partition coefficient (Wildman–Crippen LogP) is 2.73. The van der Waals surface area contributed by atoms with Gasteiger partial charge in [0.15, 0.2) is 0 Å². The van der Waals surface area contributed by atoms with E-state index >= 15 is 0 Å². The van der Waals surface area contributed by atoms with Crippen LogP contribution in [0.25, 0.3) is 0 Å². The molecular weight excluding hydrogens is 391 g/mol. The second-order valence-electron chi connectivity index (χ2n) is 4.51. The van der Waals surface area contributed by atoms with Crippen molar-refractivity contribution in [1.29, 1.82) is 0 Å². The van der Waals surface area contributed by atoms with Crippen LogP contribution in [-0.4, -0.2) is 30.2 Å². The summed E-state index contributed by atoms with van der Waals surface area (Å²) in [4.78, 5) is 34.2. The molecule has 1 aromatic carbocycles. The number of nitrogens with two attached hydrogens (primary N) is 1. The summed E-state index contributed by atoms with van der Waals surface area (Å²) in [5.74, 6) is -1.10. The molecule has 26 heavy (non-hydrogen) atoms. The standard InChI is InChI=1S/C14H16Cl2N4O6/c1-3-25-13(21)7-12(17)18-19(14(22)26-4-2)10-5-8(15)9(16)6-11(10)20(23)24/h5-7,18H,3-4,17H2,1-2H3/b12-7+. The van der Waals surface area contributed by atoms with E-state index in [1.54, 1.807) is 6.92 Å². The van der Waals surface area contributed by atoms with Crippen molar-refractivity contribution in [3.63, 3.8) is 0 Å². The second kappa shape index (κ2) is 9.68. The molecule has 1 aromatic rings. The number of anilines is 1. The van der Waals surface area contributed by atoms with E-state index in [9.17, 15) is 19.7 Å². The highest BCUT2D eigenvalue weighted by atomic mass is 35.5. The fourth-order valence-corrected chi connectivity index (χ4v) is 2.03. The Morgan fingerprint density at radius 1 is 1.27 bits per heavy atom. The third kappa shape index (κ3) is 5.67. The summed E-state index contributed by atoms with van der Waals surface area (Å²) in [5.41, 5.74) is 7.15. The van der Waals surface area contributed by atoms with Crippen LogP contribution < -0.4 is 16.2 Å². The van der Waals surface area contributed by atoms with Crippen molar-refractivity contribution in [2.45, 2.75) is 13.8 Å². The number of amides is 1. The lowest BCUT2D eigenvalue weighted by Gasteiger charge is -2.23. The zero-order chi connectivity index (χ0) is 19.9. The van der Waals surface area contributed by atoms with Gasteiger partial charge in [0.2, 0.25) is 0 Å². The fraction of sp³-hybridized carbons (Fsp3) is 0.286. The first kappa shape index (κ1) is 21.3. The number of nitrogens with one attached hydrogen (secondary N) is 1. The van der Waals surface area contributed by atoms with Crippen LogP contribution in [0.15, 0.2) is 24.0 Å². The van der Waals surface area contributed by atoms with E-state index < -0.39 is 22.7 Å². The summed E-state index contributed by atoms with van der Waals surface area (Å²) in [6, 6.07) is 2.06. The topological polar surface area (TPSA) is 137 Å². The van der Waals surface area contributed by atoms with Crippen molar-refractivity contribution in [1.82, 2.24) is 5.43 Å².